The first kappa shape index (κ1) is 18.8. The third-order valence-corrected chi connectivity index (χ3v) is 4.67. The molecule has 3 aromatic rings. The zero-order chi connectivity index (χ0) is 19.4. The molecule has 6 nitrogen and oxygen atoms in total. The standard InChI is InChI=1S/C20H22N4O2S/c1-14-7-6-9-15(11-14)19-21-22-20(27)24(19)13-18(25)23(2)12-16-8-4-5-10-17(16)26-3/h4-11H,12-13H2,1-3H3,(H,22,27). The molecule has 0 atom stereocenters. The lowest BCUT2D eigenvalue weighted by Crippen LogP contribution is -2.30. The number of nitrogens with zero attached hydrogens (tertiary/aromatic N) is 3. The van der Waals surface area contributed by atoms with Gasteiger partial charge in [-0.2, -0.15) is 5.10 Å². The average molecular weight is 382 g/mol. The van der Waals surface area contributed by atoms with E-state index < -0.39 is 0 Å². The van der Waals surface area contributed by atoms with Gasteiger partial charge < -0.3 is 9.64 Å². The Morgan fingerprint density at radius 1 is 1.26 bits per heavy atom. The number of amides is 1. The summed E-state index contributed by atoms with van der Waals surface area (Å²) in [7, 11) is 3.39. The van der Waals surface area contributed by atoms with Crippen molar-refractivity contribution < 1.29 is 9.53 Å². The van der Waals surface area contributed by atoms with Crippen molar-refractivity contribution in [3.63, 3.8) is 0 Å². The molecule has 0 spiro atoms. The Labute approximate surface area is 163 Å². The van der Waals surface area contributed by atoms with Gasteiger partial charge >= 0.3 is 0 Å². The lowest BCUT2D eigenvalue weighted by Gasteiger charge is -2.19. The van der Waals surface area contributed by atoms with Gasteiger partial charge in [-0.1, -0.05) is 42.0 Å². The van der Waals surface area contributed by atoms with Crippen LogP contribution in [0.2, 0.25) is 0 Å². The molecule has 3 rings (SSSR count). The molecule has 0 saturated carbocycles. The van der Waals surface area contributed by atoms with Gasteiger partial charge in [-0.15, -0.1) is 0 Å². The lowest BCUT2D eigenvalue weighted by molar-refractivity contribution is -0.131. The van der Waals surface area contributed by atoms with Crippen LogP contribution < -0.4 is 4.74 Å². The SMILES string of the molecule is COc1ccccc1CN(C)C(=O)Cn1c(-c2cccc(C)c2)n[nH]c1=S. The predicted octanol–water partition coefficient (Wildman–Crippen LogP) is 3.58. The zero-order valence-corrected chi connectivity index (χ0v) is 16.4. The minimum atomic E-state index is -0.0627. The molecule has 0 saturated heterocycles. The fourth-order valence-electron chi connectivity index (χ4n) is 2.90. The maximum Gasteiger partial charge on any atom is 0.242 e. The molecule has 0 aliphatic heterocycles. The molecule has 1 aromatic heterocycles. The van der Waals surface area contributed by atoms with E-state index in [4.69, 9.17) is 17.0 Å². The highest BCUT2D eigenvalue weighted by molar-refractivity contribution is 7.71. The zero-order valence-electron chi connectivity index (χ0n) is 15.6. The van der Waals surface area contributed by atoms with Crippen LogP contribution in [0, 0.1) is 11.7 Å². The molecule has 0 aliphatic carbocycles. The van der Waals surface area contributed by atoms with Gasteiger partial charge in [0, 0.05) is 24.7 Å². The van der Waals surface area contributed by atoms with Crippen LogP contribution in [0.3, 0.4) is 0 Å². The van der Waals surface area contributed by atoms with Crippen molar-refractivity contribution in [2.24, 2.45) is 0 Å². The van der Waals surface area contributed by atoms with E-state index in [1.54, 1.807) is 23.6 Å². The molecule has 27 heavy (non-hydrogen) atoms. The largest absolute Gasteiger partial charge is 0.496 e. The van der Waals surface area contributed by atoms with Crippen molar-refractivity contribution in [1.29, 1.82) is 0 Å². The average Bonchev–Trinajstić information content (AvgIpc) is 3.02. The lowest BCUT2D eigenvalue weighted by atomic mass is 10.1. The molecule has 1 amide bonds. The highest BCUT2D eigenvalue weighted by Crippen LogP contribution is 2.20. The number of hydrogen-bond acceptors (Lipinski definition) is 4. The fourth-order valence-corrected chi connectivity index (χ4v) is 3.10. The second-order valence-corrected chi connectivity index (χ2v) is 6.76. The predicted molar refractivity (Wildman–Crippen MR) is 107 cm³/mol. The van der Waals surface area contributed by atoms with Crippen molar-refractivity contribution in [2.75, 3.05) is 14.2 Å². The van der Waals surface area contributed by atoms with Crippen molar-refractivity contribution in [1.82, 2.24) is 19.7 Å². The highest BCUT2D eigenvalue weighted by atomic mass is 32.1. The summed E-state index contributed by atoms with van der Waals surface area (Å²) in [6, 6.07) is 15.6. The van der Waals surface area contributed by atoms with E-state index in [9.17, 15) is 4.79 Å². The number of likely N-dealkylation sites (N-methyl/N-ethyl adjacent to an activating group) is 1. The van der Waals surface area contributed by atoms with E-state index in [-0.39, 0.29) is 12.5 Å². The number of nitrogens with one attached hydrogen (secondary N) is 1. The highest BCUT2D eigenvalue weighted by Gasteiger charge is 2.16. The first-order valence-corrected chi connectivity index (χ1v) is 8.98. The van der Waals surface area contributed by atoms with E-state index >= 15 is 0 Å². The molecule has 1 heterocycles. The molecule has 0 unspecified atom stereocenters. The fraction of sp³-hybridized carbons (Fsp3) is 0.250. The molecule has 1 N–H and O–H groups in total. The van der Waals surface area contributed by atoms with Crippen LogP contribution in [0.5, 0.6) is 5.75 Å². The number of methoxy groups -OCH3 is 1. The number of para-hydroxylation sites is 1. The minimum Gasteiger partial charge on any atom is -0.496 e. The molecule has 7 heteroatoms. The molecule has 0 radical (unpaired) electrons. The molecule has 0 bridgehead atoms. The normalized spacial score (nSPS) is 10.6. The van der Waals surface area contributed by atoms with Crippen molar-refractivity contribution >= 4 is 18.1 Å². The van der Waals surface area contributed by atoms with Gasteiger partial charge in [-0.25, -0.2) is 0 Å². The molecule has 0 fully saturated rings. The van der Waals surface area contributed by atoms with Gasteiger partial charge in [0.25, 0.3) is 0 Å². The van der Waals surface area contributed by atoms with Crippen LogP contribution in [0.4, 0.5) is 0 Å². The number of H-pyrrole nitrogens is 1. The van der Waals surface area contributed by atoms with Gasteiger partial charge in [0.2, 0.25) is 5.91 Å². The van der Waals surface area contributed by atoms with Crippen molar-refractivity contribution in [3.8, 4) is 17.1 Å². The molecule has 2 aromatic carbocycles. The number of aryl methyl sites for hydroxylation is 1. The van der Waals surface area contributed by atoms with E-state index in [1.165, 1.54) is 0 Å². The quantitative estimate of drug-likeness (QED) is 0.662. The number of rotatable bonds is 6. The van der Waals surface area contributed by atoms with Crippen molar-refractivity contribution in [2.45, 2.75) is 20.0 Å². The van der Waals surface area contributed by atoms with Crippen LogP contribution in [-0.2, 0) is 17.9 Å². The Balaban J connectivity index is 1.80. The smallest absolute Gasteiger partial charge is 0.242 e. The summed E-state index contributed by atoms with van der Waals surface area (Å²) in [4.78, 5) is 14.5. The van der Waals surface area contributed by atoms with E-state index in [0.717, 1.165) is 22.4 Å². The first-order valence-electron chi connectivity index (χ1n) is 8.57. The first-order chi connectivity index (χ1) is 13.0. The Bertz CT molecular complexity index is 1010. The van der Waals surface area contributed by atoms with Gasteiger partial charge in [0.05, 0.1) is 7.11 Å². The van der Waals surface area contributed by atoms with Crippen LogP contribution in [0.15, 0.2) is 48.5 Å². The summed E-state index contributed by atoms with van der Waals surface area (Å²) < 4.78 is 7.51. The second kappa shape index (κ2) is 8.18. The second-order valence-electron chi connectivity index (χ2n) is 6.37. The Hall–Kier alpha value is -2.93. The Morgan fingerprint density at radius 3 is 2.78 bits per heavy atom. The summed E-state index contributed by atoms with van der Waals surface area (Å²) in [6.07, 6.45) is 0. The van der Waals surface area contributed by atoms with Crippen LogP contribution in [0.1, 0.15) is 11.1 Å². The maximum atomic E-state index is 12.8. The van der Waals surface area contributed by atoms with Crippen LogP contribution in [-0.4, -0.2) is 39.7 Å². The van der Waals surface area contributed by atoms with Gasteiger partial charge in [-0.3, -0.25) is 14.5 Å². The third kappa shape index (κ3) is 4.25. The molecular formula is C20H22N4O2S. The van der Waals surface area contributed by atoms with Crippen LogP contribution >= 0.6 is 12.2 Å². The Kier molecular flexibility index (Phi) is 5.71. The maximum absolute atomic E-state index is 12.8. The van der Waals surface area contributed by atoms with Gasteiger partial charge in [-0.05, 0) is 31.3 Å². The summed E-state index contributed by atoms with van der Waals surface area (Å²) in [5.41, 5.74) is 2.99. The number of aromatic amines is 1. The van der Waals surface area contributed by atoms with Gasteiger partial charge in [0.1, 0.15) is 12.3 Å². The monoisotopic (exact) mass is 382 g/mol. The van der Waals surface area contributed by atoms with E-state index in [2.05, 4.69) is 10.2 Å². The number of benzene rings is 2. The number of hydrogen-bond donors (Lipinski definition) is 1. The number of ether oxygens (including phenoxy) is 1. The molecule has 0 aliphatic rings. The number of carbonyl (C=O) groups is 1. The number of carbonyl (C=O) groups excluding carboxylic acids is 1. The molecular weight excluding hydrogens is 360 g/mol. The van der Waals surface area contributed by atoms with Crippen molar-refractivity contribution in [3.05, 3.63) is 64.4 Å². The van der Waals surface area contributed by atoms with Crippen LogP contribution in [0.25, 0.3) is 11.4 Å². The Morgan fingerprint density at radius 2 is 2.04 bits per heavy atom. The third-order valence-electron chi connectivity index (χ3n) is 4.35. The topological polar surface area (TPSA) is 63.1 Å². The number of aromatic nitrogens is 3. The van der Waals surface area contributed by atoms with E-state index in [0.29, 0.717) is 17.1 Å². The summed E-state index contributed by atoms with van der Waals surface area (Å²) in [5, 5.41) is 7.10. The van der Waals surface area contributed by atoms with E-state index in [1.807, 2.05) is 55.5 Å². The summed E-state index contributed by atoms with van der Waals surface area (Å²) in [6.45, 7) is 2.58. The molecule has 140 valence electrons. The van der Waals surface area contributed by atoms with Gasteiger partial charge in [0.15, 0.2) is 10.6 Å². The summed E-state index contributed by atoms with van der Waals surface area (Å²) in [5.74, 6) is 1.35. The summed E-state index contributed by atoms with van der Waals surface area (Å²) >= 11 is 5.33. The minimum absolute atomic E-state index is 0.0627.